The Hall–Kier alpha value is -2.13. The van der Waals surface area contributed by atoms with E-state index in [2.05, 4.69) is 0 Å². The topological polar surface area (TPSA) is 35.8 Å². The van der Waals surface area contributed by atoms with Crippen molar-refractivity contribution in [1.29, 1.82) is 0 Å². The molecule has 126 valence electrons. The van der Waals surface area contributed by atoms with Crippen LogP contribution in [-0.2, 0) is 5.60 Å². The minimum atomic E-state index is -1.04. The molecular weight excluding hydrogens is 296 g/mol. The monoisotopic (exact) mass is 322 g/mol. The molecule has 24 heavy (non-hydrogen) atoms. The standard InChI is InChI=1S/C21H26N2O/c1-23(2)22-20-16-10-9-15-19(20)21(24,17-11-5-3-6-12-17)18-13-7-4-8-14-18/h3-8,11-14,19,24H,9-10,15-16H2,1-2H3/b22-20+. The summed E-state index contributed by atoms with van der Waals surface area (Å²) in [5, 5.41) is 18.5. The van der Waals surface area contributed by atoms with Crippen molar-refractivity contribution in [3.05, 3.63) is 71.8 Å². The molecule has 1 atom stereocenters. The van der Waals surface area contributed by atoms with Crippen molar-refractivity contribution in [2.45, 2.75) is 31.3 Å². The Kier molecular flexibility index (Phi) is 5.00. The van der Waals surface area contributed by atoms with Crippen molar-refractivity contribution < 1.29 is 5.11 Å². The average Bonchev–Trinajstić information content (AvgIpc) is 2.62. The molecule has 0 spiro atoms. The second-order valence-corrected chi connectivity index (χ2v) is 6.74. The first-order valence-electron chi connectivity index (χ1n) is 8.70. The highest BCUT2D eigenvalue weighted by molar-refractivity contribution is 5.89. The van der Waals surface area contributed by atoms with Crippen LogP contribution in [-0.4, -0.2) is 29.9 Å². The zero-order valence-corrected chi connectivity index (χ0v) is 14.5. The van der Waals surface area contributed by atoms with E-state index in [-0.39, 0.29) is 5.92 Å². The highest BCUT2D eigenvalue weighted by atomic mass is 16.3. The van der Waals surface area contributed by atoms with Gasteiger partial charge in [0.15, 0.2) is 0 Å². The van der Waals surface area contributed by atoms with Crippen molar-refractivity contribution in [3.8, 4) is 0 Å². The number of aliphatic hydroxyl groups is 1. The van der Waals surface area contributed by atoms with Crippen LogP contribution in [0.1, 0.15) is 36.8 Å². The van der Waals surface area contributed by atoms with Crippen LogP contribution in [0.25, 0.3) is 0 Å². The first-order chi connectivity index (χ1) is 11.6. The third-order valence-corrected chi connectivity index (χ3v) is 4.84. The quantitative estimate of drug-likeness (QED) is 0.863. The summed E-state index contributed by atoms with van der Waals surface area (Å²) < 4.78 is 0. The van der Waals surface area contributed by atoms with Crippen molar-refractivity contribution in [2.24, 2.45) is 11.0 Å². The fourth-order valence-electron chi connectivity index (χ4n) is 3.78. The molecule has 2 aromatic carbocycles. The maximum absolute atomic E-state index is 12.0. The molecule has 2 aromatic rings. The third kappa shape index (κ3) is 3.22. The number of benzene rings is 2. The maximum Gasteiger partial charge on any atom is 0.123 e. The van der Waals surface area contributed by atoms with Crippen molar-refractivity contribution in [3.63, 3.8) is 0 Å². The first kappa shape index (κ1) is 16.7. The first-order valence-corrected chi connectivity index (χ1v) is 8.70. The summed E-state index contributed by atoms with van der Waals surface area (Å²) in [5.41, 5.74) is 1.93. The Bertz CT molecular complexity index is 640. The molecule has 1 aliphatic carbocycles. The summed E-state index contributed by atoms with van der Waals surface area (Å²) in [4.78, 5) is 0. The minimum absolute atomic E-state index is 0.00144. The summed E-state index contributed by atoms with van der Waals surface area (Å²) in [6.45, 7) is 0. The molecule has 0 saturated heterocycles. The van der Waals surface area contributed by atoms with E-state index >= 15 is 0 Å². The smallest absolute Gasteiger partial charge is 0.123 e. The molecular formula is C21H26N2O. The number of hydrogen-bond acceptors (Lipinski definition) is 3. The highest BCUT2D eigenvalue weighted by Crippen LogP contribution is 2.42. The highest BCUT2D eigenvalue weighted by Gasteiger charge is 2.43. The van der Waals surface area contributed by atoms with Crippen molar-refractivity contribution in [2.75, 3.05) is 14.1 Å². The Morgan fingerprint density at radius 2 is 1.46 bits per heavy atom. The Morgan fingerprint density at radius 3 is 1.96 bits per heavy atom. The van der Waals surface area contributed by atoms with Crippen LogP contribution in [0.2, 0.25) is 0 Å². The normalized spacial score (nSPS) is 20.1. The van der Waals surface area contributed by atoms with Crippen LogP contribution >= 0.6 is 0 Å². The summed E-state index contributed by atoms with van der Waals surface area (Å²) >= 11 is 0. The third-order valence-electron chi connectivity index (χ3n) is 4.84. The molecule has 1 N–H and O–H groups in total. The van der Waals surface area contributed by atoms with Gasteiger partial charge in [0, 0.05) is 25.7 Å². The second kappa shape index (κ2) is 7.18. The Balaban J connectivity index is 2.14. The molecule has 0 amide bonds. The van der Waals surface area contributed by atoms with Gasteiger partial charge in [-0.2, -0.15) is 5.10 Å². The number of hydrogen-bond donors (Lipinski definition) is 1. The van der Waals surface area contributed by atoms with Gasteiger partial charge >= 0.3 is 0 Å². The van der Waals surface area contributed by atoms with E-state index in [4.69, 9.17) is 5.10 Å². The summed E-state index contributed by atoms with van der Waals surface area (Å²) in [6.07, 6.45) is 4.17. The van der Waals surface area contributed by atoms with Crippen LogP contribution in [0.15, 0.2) is 65.8 Å². The number of hydrazone groups is 1. The molecule has 0 aromatic heterocycles. The maximum atomic E-state index is 12.0. The van der Waals surface area contributed by atoms with Crippen LogP contribution < -0.4 is 0 Å². The van der Waals surface area contributed by atoms with E-state index in [1.165, 1.54) is 0 Å². The second-order valence-electron chi connectivity index (χ2n) is 6.74. The molecule has 1 saturated carbocycles. The lowest BCUT2D eigenvalue weighted by molar-refractivity contribution is 0.0358. The van der Waals surface area contributed by atoms with Gasteiger partial charge in [-0.15, -0.1) is 0 Å². The van der Waals surface area contributed by atoms with Crippen LogP contribution in [0.4, 0.5) is 0 Å². The minimum Gasteiger partial charge on any atom is -0.380 e. The zero-order chi connectivity index (χ0) is 17.0. The van der Waals surface area contributed by atoms with E-state index < -0.39 is 5.60 Å². The fraction of sp³-hybridized carbons (Fsp3) is 0.381. The van der Waals surface area contributed by atoms with Crippen LogP contribution in [0.3, 0.4) is 0 Å². The molecule has 1 fully saturated rings. The van der Waals surface area contributed by atoms with Crippen LogP contribution in [0.5, 0.6) is 0 Å². The molecule has 3 heteroatoms. The molecule has 1 unspecified atom stereocenters. The average molecular weight is 322 g/mol. The lowest BCUT2D eigenvalue weighted by Crippen LogP contribution is -2.43. The van der Waals surface area contributed by atoms with Gasteiger partial charge in [0.25, 0.3) is 0 Å². The molecule has 0 bridgehead atoms. The Labute approximate surface area is 144 Å². The molecule has 3 nitrogen and oxygen atoms in total. The van der Waals surface area contributed by atoms with Crippen molar-refractivity contribution in [1.82, 2.24) is 5.01 Å². The van der Waals surface area contributed by atoms with Gasteiger partial charge in [-0.25, -0.2) is 0 Å². The largest absolute Gasteiger partial charge is 0.380 e. The van der Waals surface area contributed by atoms with E-state index in [0.29, 0.717) is 0 Å². The SMILES string of the molecule is CN(C)/N=C1\CCCCC1C(O)(c1ccccc1)c1ccccc1. The van der Waals surface area contributed by atoms with E-state index in [1.54, 1.807) is 0 Å². The summed E-state index contributed by atoms with van der Waals surface area (Å²) in [6, 6.07) is 20.1. The predicted octanol–water partition coefficient (Wildman–Crippen LogP) is 4.03. The molecule has 0 aliphatic heterocycles. The van der Waals surface area contributed by atoms with Gasteiger partial charge < -0.3 is 10.1 Å². The van der Waals surface area contributed by atoms with Gasteiger partial charge in [-0.1, -0.05) is 67.1 Å². The lowest BCUT2D eigenvalue weighted by atomic mass is 9.69. The lowest BCUT2D eigenvalue weighted by Gasteiger charge is -2.40. The predicted molar refractivity (Wildman–Crippen MR) is 99.0 cm³/mol. The van der Waals surface area contributed by atoms with Crippen molar-refractivity contribution >= 4 is 5.71 Å². The molecule has 0 radical (unpaired) electrons. The molecule has 1 aliphatic rings. The number of rotatable bonds is 4. The van der Waals surface area contributed by atoms with Gasteiger partial charge in [-0.05, 0) is 30.4 Å². The fourth-order valence-corrected chi connectivity index (χ4v) is 3.78. The van der Waals surface area contributed by atoms with Gasteiger partial charge in [0.05, 0.1) is 0 Å². The van der Waals surface area contributed by atoms with Crippen LogP contribution in [0, 0.1) is 5.92 Å². The Morgan fingerprint density at radius 1 is 0.917 bits per heavy atom. The molecule has 0 heterocycles. The van der Waals surface area contributed by atoms with Gasteiger partial charge in [0.1, 0.15) is 5.60 Å². The van der Waals surface area contributed by atoms with E-state index in [1.807, 2.05) is 79.8 Å². The van der Waals surface area contributed by atoms with E-state index in [0.717, 1.165) is 42.5 Å². The van der Waals surface area contributed by atoms with Gasteiger partial charge in [0.2, 0.25) is 0 Å². The van der Waals surface area contributed by atoms with Gasteiger partial charge in [-0.3, -0.25) is 0 Å². The number of nitrogens with zero attached hydrogens (tertiary/aromatic N) is 2. The molecule has 3 rings (SSSR count). The summed E-state index contributed by atoms with van der Waals surface area (Å²) in [7, 11) is 3.89. The van der Waals surface area contributed by atoms with E-state index in [9.17, 15) is 5.11 Å². The zero-order valence-electron chi connectivity index (χ0n) is 14.5. The summed E-state index contributed by atoms with van der Waals surface area (Å²) in [5.74, 6) is -0.00144.